The van der Waals surface area contributed by atoms with Gasteiger partial charge in [-0.15, -0.1) is 0 Å². The molecule has 55 heavy (non-hydrogen) atoms. The smallest absolute Gasteiger partial charge is 0.122 e. The van der Waals surface area contributed by atoms with Crippen LogP contribution in [0, 0.1) is 11.8 Å². The lowest BCUT2D eigenvalue weighted by atomic mass is 9.67. The fraction of sp³-hybridized carbons (Fsp3) is 0.489. The molecule has 3 aliphatic rings. The highest BCUT2D eigenvalue weighted by atomic mass is 16.6. The van der Waals surface area contributed by atoms with Crippen molar-refractivity contribution in [2.75, 3.05) is 79.3 Å². The summed E-state index contributed by atoms with van der Waals surface area (Å²) in [6.07, 6.45) is 2.33. The summed E-state index contributed by atoms with van der Waals surface area (Å²) in [6, 6.07) is 31.5. The summed E-state index contributed by atoms with van der Waals surface area (Å²) in [7, 11) is 0. The third-order valence-electron chi connectivity index (χ3n) is 10.3. The average Bonchev–Trinajstić information content (AvgIpc) is 4.13. The van der Waals surface area contributed by atoms with Crippen LogP contribution in [-0.2, 0) is 46.7 Å². The molecule has 0 amide bonds. The molecule has 0 saturated carbocycles. The molecule has 2 fully saturated rings. The van der Waals surface area contributed by atoms with Crippen molar-refractivity contribution in [3.8, 4) is 22.6 Å². The number of fused-ring (bicyclic) bond motifs is 3. The molecular formula is C47H58O8. The van der Waals surface area contributed by atoms with Gasteiger partial charge in [0.1, 0.15) is 36.9 Å². The number of hydrogen-bond acceptors (Lipinski definition) is 8. The Balaban J connectivity index is 1.17. The topological polar surface area (TPSA) is 80.4 Å². The molecular weight excluding hydrogens is 693 g/mol. The molecule has 7 rings (SSSR count). The van der Waals surface area contributed by atoms with E-state index in [0.29, 0.717) is 77.9 Å². The van der Waals surface area contributed by atoms with Crippen LogP contribution in [0.25, 0.3) is 11.1 Å². The molecule has 8 heteroatoms. The van der Waals surface area contributed by atoms with Gasteiger partial charge in [-0.3, -0.25) is 0 Å². The first-order valence-electron chi connectivity index (χ1n) is 20.2. The second kappa shape index (κ2) is 18.9. The van der Waals surface area contributed by atoms with Gasteiger partial charge in [-0.2, -0.15) is 0 Å². The Morgan fingerprint density at radius 2 is 0.927 bits per heavy atom. The zero-order valence-electron chi connectivity index (χ0n) is 33.1. The van der Waals surface area contributed by atoms with Gasteiger partial charge in [0.2, 0.25) is 0 Å². The third-order valence-corrected chi connectivity index (χ3v) is 10.3. The number of benzene rings is 4. The van der Waals surface area contributed by atoms with Crippen molar-refractivity contribution in [2.24, 2.45) is 11.8 Å². The SMILES string of the molecule is CC(C)Cc1cc(C2(c3ccc(OCCOCCOCC4CO4)c(CC(C)C)c3)c3ccccc3-c3ccccc32)ccc1OCCOCCOCC1CO1. The third kappa shape index (κ3) is 9.98. The molecule has 0 radical (unpaired) electrons. The van der Waals surface area contributed by atoms with E-state index in [1.54, 1.807) is 0 Å². The van der Waals surface area contributed by atoms with Gasteiger partial charge in [-0.25, -0.2) is 0 Å². The highest BCUT2D eigenvalue weighted by molar-refractivity contribution is 5.86. The summed E-state index contributed by atoms with van der Waals surface area (Å²) in [6.45, 7) is 16.1. The molecule has 2 aliphatic heterocycles. The van der Waals surface area contributed by atoms with Crippen LogP contribution >= 0.6 is 0 Å². The summed E-state index contributed by atoms with van der Waals surface area (Å²) in [5.74, 6) is 2.72. The number of epoxide rings is 2. The molecule has 8 nitrogen and oxygen atoms in total. The minimum atomic E-state index is -0.537. The van der Waals surface area contributed by atoms with Gasteiger partial charge in [0.05, 0.1) is 71.5 Å². The van der Waals surface area contributed by atoms with Crippen molar-refractivity contribution >= 4 is 0 Å². The summed E-state index contributed by atoms with van der Waals surface area (Å²) in [5.41, 5.74) is 9.45. The van der Waals surface area contributed by atoms with Crippen LogP contribution in [0.1, 0.15) is 61.1 Å². The van der Waals surface area contributed by atoms with E-state index in [1.807, 2.05) is 0 Å². The highest BCUT2D eigenvalue weighted by Gasteiger charge is 2.46. The van der Waals surface area contributed by atoms with E-state index in [1.165, 1.54) is 44.5 Å². The molecule has 4 aromatic carbocycles. The molecule has 0 N–H and O–H groups in total. The first-order valence-corrected chi connectivity index (χ1v) is 20.2. The van der Waals surface area contributed by atoms with Gasteiger partial charge in [0.15, 0.2) is 0 Å². The zero-order chi connectivity index (χ0) is 38.0. The Kier molecular flexibility index (Phi) is 13.6. The maximum absolute atomic E-state index is 6.43. The average molecular weight is 751 g/mol. The second-order valence-corrected chi connectivity index (χ2v) is 15.7. The maximum atomic E-state index is 6.43. The Labute approximate surface area is 327 Å². The summed E-state index contributed by atoms with van der Waals surface area (Å²) in [4.78, 5) is 0. The van der Waals surface area contributed by atoms with Crippen molar-refractivity contribution < 1.29 is 37.9 Å². The first-order chi connectivity index (χ1) is 26.9. The van der Waals surface area contributed by atoms with Crippen molar-refractivity contribution in [2.45, 2.75) is 58.2 Å². The lowest BCUT2D eigenvalue weighted by Gasteiger charge is -2.35. The Morgan fingerprint density at radius 1 is 0.527 bits per heavy atom. The molecule has 2 atom stereocenters. The van der Waals surface area contributed by atoms with E-state index in [2.05, 4.69) is 113 Å². The highest BCUT2D eigenvalue weighted by Crippen LogP contribution is 2.56. The molecule has 4 aromatic rings. The monoisotopic (exact) mass is 750 g/mol. The van der Waals surface area contributed by atoms with Crippen LogP contribution in [0.2, 0.25) is 0 Å². The van der Waals surface area contributed by atoms with Gasteiger partial charge >= 0.3 is 0 Å². The fourth-order valence-electron chi connectivity index (χ4n) is 7.75. The Bertz CT molecular complexity index is 1690. The van der Waals surface area contributed by atoms with E-state index in [9.17, 15) is 0 Å². The molecule has 1 aliphatic carbocycles. The molecule has 0 aromatic heterocycles. The quantitative estimate of drug-likeness (QED) is 0.0463. The summed E-state index contributed by atoms with van der Waals surface area (Å²) < 4.78 is 46.1. The van der Waals surface area contributed by atoms with E-state index < -0.39 is 5.41 Å². The fourth-order valence-corrected chi connectivity index (χ4v) is 7.75. The lowest BCUT2D eigenvalue weighted by Crippen LogP contribution is -2.29. The van der Waals surface area contributed by atoms with Crippen LogP contribution in [0.5, 0.6) is 11.5 Å². The normalized spacial score (nSPS) is 17.7. The van der Waals surface area contributed by atoms with Crippen LogP contribution in [-0.4, -0.2) is 91.5 Å². The van der Waals surface area contributed by atoms with Crippen molar-refractivity contribution in [3.63, 3.8) is 0 Å². The maximum Gasteiger partial charge on any atom is 0.122 e. The van der Waals surface area contributed by atoms with Gasteiger partial charge in [0, 0.05) is 0 Å². The van der Waals surface area contributed by atoms with E-state index >= 15 is 0 Å². The molecule has 0 bridgehead atoms. The van der Waals surface area contributed by atoms with Gasteiger partial charge in [-0.05, 0) is 81.3 Å². The Hall–Kier alpha value is -3.76. The van der Waals surface area contributed by atoms with Crippen LogP contribution in [0.15, 0.2) is 84.9 Å². The minimum Gasteiger partial charge on any atom is -0.491 e. The van der Waals surface area contributed by atoms with E-state index in [4.69, 9.17) is 37.9 Å². The van der Waals surface area contributed by atoms with Crippen LogP contribution < -0.4 is 9.47 Å². The summed E-state index contributed by atoms with van der Waals surface area (Å²) >= 11 is 0. The molecule has 294 valence electrons. The van der Waals surface area contributed by atoms with Crippen molar-refractivity contribution in [1.29, 1.82) is 0 Å². The number of hydrogen-bond donors (Lipinski definition) is 0. The number of ether oxygens (including phenoxy) is 8. The lowest BCUT2D eigenvalue weighted by molar-refractivity contribution is 0.0316. The van der Waals surface area contributed by atoms with Crippen molar-refractivity contribution in [3.05, 3.63) is 118 Å². The molecule has 2 heterocycles. The van der Waals surface area contributed by atoms with Gasteiger partial charge in [0.25, 0.3) is 0 Å². The first kappa shape index (κ1) is 39.5. The van der Waals surface area contributed by atoms with Crippen molar-refractivity contribution in [1.82, 2.24) is 0 Å². The van der Waals surface area contributed by atoms with E-state index in [-0.39, 0.29) is 12.2 Å². The van der Waals surface area contributed by atoms with Gasteiger partial charge in [-0.1, -0.05) is 100 Å². The predicted octanol–water partition coefficient (Wildman–Crippen LogP) is 8.07. The summed E-state index contributed by atoms with van der Waals surface area (Å²) in [5, 5.41) is 0. The zero-order valence-corrected chi connectivity index (χ0v) is 33.1. The molecule has 2 unspecified atom stereocenters. The predicted molar refractivity (Wildman–Crippen MR) is 215 cm³/mol. The van der Waals surface area contributed by atoms with Gasteiger partial charge < -0.3 is 37.9 Å². The largest absolute Gasteiger partial charge is 0.491 e. The molecule has 2 saturated heterocycles. The van der Waals surface area contributed by atoms with Crippen LogP contribution in [0.3, 0.4) is 0 Å². The van der Waals surface area contributed by atoms with Crippen LogP contribution in [0.4, 0.5) is 0 Å². The number of rotatable bonds is 24. The standard InChI is InChI=1S/C47H58O8/c1-33(2)25-35-27-37(13-15-45(35)52-23-21-48-17-19-50-29-39-31-54-39)47(43-11-7-5-9-41(43)42-10-6-8-12-44(42)47)38-14-16-46(36(28-38)26-34(3)4)53-24-22-49-18-20-51-30-40-32-55-40/h5-16,27-28,33-34,39-40H,17-26,29-32H2,1-4H3. The minimum absolute atomic E-state index is 0.269. The Morgan fingerprint density at radius 3 is 1.35 bits per heavy atom. The molecule has 0 spiro atoms. The van der Waals surface area contributed by atoms with E-state index in [0.717, 1.165) is 37.6 Å². The second-order valence-electron chi connectivity index (χ2n) is 15.7.